The number of rotatable bonds is 4. The number of aryl methyl sites for hydroxylation is 2. The molecule has 1 atom stereocenters. The van der Waals surface area contributed by atoms with Crippen LogP contribution in [0.25, 0.3) is 0 Å². The van der Waals surface area contributed by atoms with Gasteiger partial charge < -0.3 is 4.74 Å². The zero-order valence-electron chi connectivity index (χ0n) is 9.91. The second-order valence-corrected chi connectivity index (χ2v) is 3.87. The van der Waals surface area contributed by atoms with Crippen LogP contribution >= 0.6 is 0 Å². The van der Waals surface area contributed by atoms with Gasteiger partial charge in [0.25, 0.3) is 0 Å². The molecule has 1 rings (SSSR count). The van der Waals surface area contributed by atoms with Gasteiger partial charge >= 0.3 is 0 Å². The summed E-state index contributed by atoms with van der Waals surface area (Å²) in [5.74, 6) is 2.36. The number of hydrogen-bond acceptors (Lipinski definition) is 2. The van der Waals surface area contributed by atoms with Crippen LogP contribution in [-0.4, -0.2) is 12.4 Å². The first-order valence-electron chi connectivity index (χ1n) is 5.19. The molecule has 84 valence electrons. The number of carbonyl (C=O) groups is 1. The monoisotopic (exact) mass is 216 g/mol. The second kappa shape index (κ2) is 5.48. The van der Waals surface area contributed by atoms with E-state index in [-0.39, 0.29) is 12.4 Å². The van der Waals surface area contributed by atoms with Gasteiger partial charge in [-0.3, -0.25) is 4.79 Å². The molecule has 2 heteroatoms. The highest BCUT2D eigenvalue weighted by molar-refractivity contribution is 5.82. The summed E-state index contributed by atoms with van der Waals surface area (Å²) in [6.07, 6.45) is 4.59. The molecule has 0 aliphatic carbocycles. The van der Waals surface area contributed by atoms with Gasteiger partial charge in [-0.1, -0.05) is 29.7 Å². The molecule has 1 aromatic rings. The summed E-state index contributed by atoms with van der Waals surface area (Å²) >= 11 is 0. The SMILES string of the molecule is C#CCOC(C(C)=O)c1cc(C)ccc1C. The second-order valence-electron chi connectivity index (χ2n) is 3.87. The predicted octanol–water partition coefficient (Wildman–Crippen LogP) is 2.58. The number of benzene rings is 1. The molecule has 0 saturated heterocycles. The van der Waals surface area contributed by atoms with Crippen molar-refractivity contribution in [3.8, 4) is 12.3 Å². The average Bonchev–Trinajstić information content (AvgIpc) is 2.23. The smallest absolute Gasteiger partial charge is 0.163 e. The Morgan fingerprint density at radius 2 is 2.19 bits per heavy atom. The van der Waals surface area contributed by atoms with E-state index in [0.29, 0.717) is 0 Å². The fraction of sp³-hybridized carbons (Fsp3) is 0.357. The maximum Gasteiger partial charge on any atom is 0.163 e. The standard InChI is InChI=1S/C14H16O2/c1-5-8-16-14(12(4)15)13-9-10(2)6-7-11(13)3/h1,6-7,9,14H,8H2,2-4H3. The van der Waals surface area contributed by atoms with Gasteiger partial charge in [0.1, 0.15) is 12.7 Å². The summed E-state index contributed by atoms with van der Waals surface area (Å²) in [4.78, 5) is 11.5. The highest BCUT2D eigenvalue weighted by Gasteiger charge is 2.18. The third-order valence-electron chi connectivity index (χ3n) is 2.42. The van der Waals surface area contributed by atoms with E-state index >= 15 is 0 Å². The molecule has 0 aliphatic rings. The van der Waals surface area contributed by atoms with Gasteiger partial charge in [0.2, 0.25) is 0 Å². The predicted molar refractivity (Wildman–Crippen MR) is 64.1 cm³/mol. The summed E-state index contributed by atoms with van der Waals surface area (Å²) < 4.78 is 5.39. The molecular weight excluding hydrogens is 200 g/mol. The van der Waals surface area contributed by atoms with Gasteiger partial charge in [-0.05, 0) is 31.9 Å². The first-order valence-corrected chi connectivity index (χ1v) is 5.19. The quantitative estimate of drug-likeness (QED) is 0.723. The molecule has 1 aromatic carbocycles. The Labute approximate surface area is 96.6 Å². The largest absolute Gasteiger partial charge is 0.353 e. The van der Waals surface area contributed by atoms with Crippen LogP contribution in [0.1, 0.15) is 29.7 Å². The number of Topliss-reactive ketones (excluding diaryl/α,β-unsaturated/α-hetero) is 1. The van der Waals surface area contributed by atoms with Gasteiger partial charge in [0.05, 0.1) is 0 Å². The molecule has 0 spiro atoms. The Kier molecular flexibility index (Phi) is 4.28. The van der Waals surface area contributed by atoms with Crippen LogP contribution in [0.2, 0.25) is 0 Å². The number of hydrogen-bond donors (Lipinski definition) is 0. The molecule has 0 saturated carbocycles. The van der Waals surface area contributed by atoms with E-state index in [1.54, 1.807) is 0 Å². The number of ether oxygens (including phenoxy) is 1. The number of ketones is 1. The summed E-state index contributed by atoms with van der Waals surface area (Å²) in [7, 11) is 0. The summed E-state index contributed by atoms with van der Waals surface area (Å²) in [6.45, 7) is 5.62. The first kappa shape index (κ1) is 12.5. The topological polar surface area (TPSA) is 26.3 Å². The minimum Gasteiger partial charge on any atom is -0.353 e. The highest BCUT2D eigenvalue weighted by atomic mass is 16.5. The van der Waals surface area contributed by atoms with E-state index in [1.165, 1.54) is 6.92 Å². The first-order chi connectivity index (χ1) is 7.56. The molecule has 2 nitrogen and oxygen atoms in total. The van der Waals surface area contributed by atoms with E-state index in [9.17, 15) is 4.79 Å². The van der Waals surface area contributed by atoms with Crippen molar-refractivity contribution in [3.63, 3.8) is 0 Å². The Balaban J connectivity index is 3.06. The van der Waals surface area contributed by atoms with Gasteiger partial charge in [-0.25, -0.2) is 0 Å². The molecule has 0 amide bonds. The van der Waals surface area contributed by atoms with Crippen LogP contribution in [0.3, 0.4) is 0 Å². The molecule has 0 aromatic heterocycles. The van der Waals surface area contributed by atoms with Gasteiger partial charge in [-0.2, -0.15) is 0 Å². The van der Waals surface area contributed by atoms with Gasteiger partial charge in [0.15, 0.2) is 5.78 Å². The Hall–Kier alpha value is -1.59. The van der Waals surface area contributed by atoms with Crippen LogP contribution in [0.15, 0.2) is 18.2 Å². The van der Waals surface area contributed by atoms with E-state index in [1.807, 2.05) is 32.0 Å². The molecule has 0 aliphatic heterocycles. The third kappa shape index (κ3) is 2.95. The van der Waals surface area contributed by atoms with Crippen molar-refractivity contribution in [1.82, 2.24) is 0 Å². The lowest BCUT2D eigenvalue weighted by Crippen LogP contribution is -2.14. The summed E-state index contributed by atoms with van der Waals surface area (Å²) in [5.41, 5.74) is 3.06. The maximum absolute atomic E-state index is 11.5. The van der Waals surface area contributed by atoms with Crippen molar-refractivity contribution >= 4 is 5.78 Å². The molecule has 0 heterocycles. The van der Waals surface area contributed by atoms with E-state index < -0.39 is 6.10 Å². The van der Waals surface area contributed by atoms with E-state index in [2.05, 4.69) is 5.92 Å². The van der Waals surface area contributed by atoms with Crippen molar-refractivity contribution in [3.05, 3.63) is 34.9 Å². The fourth-order valence-corrected chi connectivity index (χ4v) is 1.60. The number of carbonyl (C=O) groups excluding carboxylic acids is 1. The summed E-state index contributed by atoms with van der Waals surface area (Å²) in [5, 5.41) is 0. The Morgan fingerprint density at radius 3 is 2.75 bits per heavy atom. The normalized spacial score (nSPS) is 11.9. The Morgan fingerprint density at radius 1 is 1.50 bits per heavy atom. The lowest BCUT2D eigenvalue weighted by molar-refractivity contribution is -0.127. The molecule has 0 fully saturated rings. The van der Waals surface area contributed by atoms with E-state index in [4.69, 9.17) is 11.2 Å². The van der Waals surface area contributed by atoms with Crippen LogP contribution in [-0.2, 0) is 9.53 Å². The molecule has 0 radical (unpaired) electrons. The van der Waals surface area contributed by atoms with Crippen molar-refractivity contribution < 1.29 is 9.53 Å². The zero-order chi connectivity index (χ0) is 12.1. The van der Waals surface area contributed by atoms with E-state index in [0.717, 1.165) is 16.7 Å². The van der Waals surface area contributed by atoms with Gasteiger partial charge in [-0.15, -0.1) is 6.42 Å². The molecule has 1 unspecified atom stereocenters. The molecule has 16 heavy (non-hydrogen) atoms. The minimum atomic E-state index is -0.545. The minimum absolute atomic E-state index is 0.0241. The molecule has 0 N–H and O–H groups in total. The number of terminal acetylenes is 1. The van der Waals surface area contributed by atoms with Crippen LogP contribution in [0.5, 0.6) is 0 Å². The van der Waals surface area contributed by atoms with Crippen molar-refractivity contribution in [1.29, 1.82) is 0 Å². The fourth-order valence-electron chi connectivity index (χ4n) is 1.60. The highest BCUT2D eigenvalue weighted by Crippen LogP contribution is 2.23. The third-order valence-corrected chi connectivity index (χ3v) is 2.42. The maximum atomic E-state index is 11.5. The Bertz CT molecular complexity index is 427. The lowest BCUT2D eigenvalue weighted by atomic mass is 9.98. The van der Waals surface area contributed by atoms with Gasteiger partial charge in [0, 0.05) is 0 Å². The summed E-state index contributed by atoms with van der Waals surface area (Å²) in [6, 6.07) is 5.97. The molecular formula is C14H16O2. The van der Waals surface area contributed by atoms with Crippen molar-refractivity contribution in [2.24, 2.45) is 0 Å². The lowest BCUT2D eigenvalue weighted by Gasteiger charge is -2.16. The van der Waals surface area contributed by atoms with Crippen LogP contribution in [0.4, 0.5) is 0 Å². The average molecular weight is 216 g/mol. The zero-order valence-corrected chi connectivity index (χ0v) is 9.91. The van der Waals surface area contributed by atoms with Crippen LogP contribution < -0.4 is 0 Å². The van der Waals surface area contributed by atoms with Crippen molar-refractivity contribution in [2.45, 2.75) is 26.9 Å². The van der Waals surface area contributed by atoms with Crippen molar-refractivity contribution in [2.75, 3.05) is 6.61 Å². The van der Waals surface area contributed by atoms with Crippen LogP contribution in [0, 0.1) is 26.2 Å². The molecule has 0 bridgehead atoms.